The van der Waals surface area contributed by atoms with E-state index in [-0.39, 0.29) is 11.1 Å². The first-order valence-corrected chi connectivity index (χ1v) is 11.2. The number of aromatic carboxylic acids is 1. The Labute approximate surface area is 201 Å². The van der Waals surface area contributed by atoms with Crippen molar-refractivity contribution in [1.82, 2.24) is 9.88 Å². The highest BCUT2D eigenvalue weighted by atomic mass is 16.5. The van der Waals surface area contributed by atoms with Crippen LogP contribution in [0.15, 0.2) is 41.2 Å². The van der Waals surface area contributed by atoms with Crippen LogP contribution in [-0.2, 0) is 4.74 Å². The number of carbonyl (C=O) groups excluding carboxylic acids is 1. The molecule has 4 rings (SSSR count). The minimum atomic E-state index is -1.11. The van der Waals surface area contributed by atoms with E-state index in [0.29, 0.717) is 53.5 Å². The molecule has 1 fully saturated rings. The number of morpholine rings is 1. The number of carboxylic acid groups (broad SMARTS) is 1. The number of nitrogens with one attached hydrogen (secondary N) is 2. The van der Waals surface area contributed by atoms with Crippen molar-refractivity contribution in [3.05, 3.63) is 63.4 Å². The molecule has 3 N–H and O–H groups in total. The summed E-state index contributed by atoms with van der Waals surface area (Å²) in [5, 5.41) is 12.5. The van der Waals surface area contributed by atoms with Crippen LogP contribution in [0.3, 0.4) is 0 Å². The standard InChI is InChI=1S/C25H27N3O7/c1-15-3-4-16(25(31)32)12-19(15)26-23(29)18-11-17-13-22(21(33-2)14-20(17)27-24(18)30)35-10-7-28-5-8-34-9-6-28/h3-4,11-14H,5-10H2,1-2H3,(H,26,29)(H,27,30)(H,31,32). The van der Waals surface area contributed by atoms with Crippen LogP contribution in [0.5, 0.6) is 11.5 Å². The Hall–Kier alpha value is -3.89. The Bertz CT molecular complexity index is 1310. The fourth-order valence-electron chi connectivity index (χ4n) is 3.84. The predicted octanol–water partition coefficient (Wildman–Crippen LogP) is 2.51. The van der Waals surface area contributed by atoms with E-state index in [0.717, 1.165) is 19.6 Å². The van der Waals surface area contributed by atoms with E-state index < -0.39 is 17.4 Å². The topological polar surface area (TPSA) is 130 Å². The van der Waals surface area contributed by atoms with Gasteiger partial charge in [-0.3, -0.25) is 14.5 Å². The molecule has 1 saturated heterocycles. The summed E-state index contributed by atoms with van der Waals surface area (Å²) in [4.78, 5) is 41.8. The molecule has 1 aromatic heterocycles. The van der Waals surface area contributed by atoms with Crippen molar-refractivity contribution in [3.8, 4) is 11.5 Å². The maximum Gasteiger partial charge on any atom is 0.335 e. The Morgan fingerprint density at radius 2 is 1.91 bits per heavy atom. The van der Waals surface area contributed by atoms with Crippen molar-refractivity contribution in [2.45, 2.75) is 6.92 Å². The number of aromatic amines is 1. The number of carbonyl (C=O) groups is 2. The van der Waals surface area contributed by atoms with Gasteiger partial charge in [0.25, 0.3) is 11.5 Å². The Morgan fingerprint density at radius 1 is 1.14 bits per heavy atom. The number of hydrogen-bond acceptors (Lipinski definition) is 7. The fourth-order valence-corrected chi connectivity index (χ4v) is 3.84. The van der Waals surface area contributed by atoms with Crippen LogP contribution in [0.25, 0.3) is 10.9 Å². The van der Waals surface area contributed by atoms with Gasteiger partial charge in [-0.1, -0.05) is 6.07 Å². The summed E-state index contributed by atoms with van der Waals surface area (Å²) < 4.78 is 16.7. The van der Waals surface area contributed by atoms with E-state index in [1.54, 1.807) is 25.1 Å². The van der Waals surface area contributed by atoms with Gasteiger partial charge in [-0.25, -0.2) is 4.79 Å². The van der Waals surface area contributed by atoms with Crippen LogP contribution < -0.4 is 20.3 Å². The van der Waals surface area contributed by atoms with E-state index in [4.69, 9.17) is 14.2 Å². The van der Waals surface area contributed by atoms with Crippen molar-refractivity contribution >= 4 is 28.5 Å². The van der Waals surface area contributed by atoms with Gasteiger partial charge in [0.1, 0.15) is 12.2 Å². The molecule has 0 atom stereocenters. The quantitative estimate of drug-likeness (QED) is 0.448. The van der Waals surface area contributed by atoms with Crippen molar-refractivity contribution in [2.24, 2.45) is 0 Å². The van der Waals surface area contributed by atoms with Crippen LogP contribution in [0.1, 0.15) is 26.3 Å². The molecule has 10 nitrogen and oxygen atoms in total. The van der Waals surface area contributed by atoms with Gasteiger partial charge >= 0.3 is 5.97 Å². The Balaban J connectivity index is 1.57. The molecule has 35 heavy (non-hydrogen) atoms. The third-order valence-corrected chi connectivity index (χ3v) is 5.87. The van der Waals surface area contributed by atoms with E-state index in [1.807, 2.05) is 0 Å². The molecule has 0 radical (unpaired) electrons. The SMILES string of the molecule is COc1cc2[nH]c(=O)c(C(=O)Nc3cc(C(=O)O)ccc3C)cc2cc1OCCN1CCOCC1. The van der Waals surface area contributed by atoms with Crippen molar-refractivity contribution in [2.75, 3.05) is 51.9 Å². The lowest BCUT2D eigenvalue weighted by atomic mass is 10.1. The van der Waals surface area contributed by atoms with E-state index in [1.165, 1.54) is 25.3 Å². The zero-order valence-corrected chi connectivity index (χ0v) is 19.6. The molecule has 3 aromatic rings. The van der Waals surface area contributed by atoms with Gasteiger partial charge in [0, 0.05) is 36.8 Å². The maximum atomic E-state index is 12.9. The molecule has 1 amide bonds. The minimum absolute atomic E-state index is 0.0317. The van der Waals surface area contributed by atoms with Crippen LogP contribution in [-0.4, -0.2) is 73.4 Å². The summed E-state index contributed by atoms with van der Waals surface area (Å²) in [5.74, 6) is -0.798. The van der Waals surface area contributed by atoms with Crippen molar-refractivity contribution in [3.63, 3.8) is 0 Å². The first kappa shape index (κ1) is 24.2. The molecule has 0 saturated carbocycles. The van der Waals surface area contributed by atoms with Gasteiger partial charge in [-0.05, 0) is 36.8 Å². The molecule has 0 unspecified atom stereocenters. The molecule has 2 heterocycles. The number of ether oxygens (including phenoxy) is 3. The predicted molar refractivity (Wildman–Crippen MR) is 130 cm³/mol. The highest BCUT2D eigenvalue weighted by Crippen LogP contribution is 2.31. The van der Waals surface area contributed by atoms with Gasteiger partial charge in [0.2, 0.25) is 0 Å². The summed E-state index contributed by atoms with van der Waals surface area (Å²) >= 11 is 0. The van der Waals surface area contributed by atoms with Crippen LogP contribution in [0.2, 0.25) is 0 Å². The number of nitrogens with zero attached hydrogens (tertiary/aromatic N) is 1. The zero-order chi connectivity index (χ0) is 24.9. The highest BCUT2D eigenvalue weighted by molar-refractivity contribution is 6.06. The lowest BCUT2D eigenvalue weighted by Crippen LogP contribution is -2.38. The third kappa shape index (κ3) is 5.61. The number of carboxylic acids is 1. The number of rotatable bonds is 8. The second-order valence-electron chi connectivity index (χ2n) is 8.19. The first-order valence-electron chi connectivity index (χ1n) is 11.2. The maximum absolute atomic E-state index is 12.9. The van der Waals surface area contributed by atoms with Gasteiger partial charge in [0.15, 0.2) is 11.5 Å². The summed E-state index contributed by atoms with van der Waals surface area (Å²) in [6.45, 7) is 6.03. The molecule has 1 aliphatic heterocycles. The molecule has 0 spiro atoms. The normalized spacial score (nSPS) is 14.0. The lowest BCUT2D eigenvalue weighted by molar-refractivity contribution is 0.0321. The smallest absolute Gasteiger partial charge is 0.335 e. The molecule has 1 aliphatic rings. The molecule has 0 bridgehead atoms. The van der Waals surface area contributed by atoms with Crippen molar-refractivity contribution in [1.29, 1.82) is 0 Å². The van der Waals surface area contributed by atoms with Gasteiger partial charge in [0.05, 0.1) is 31.4 Å². The summed E-state index contributed by atoms with van der Waals surface area (Å²) in [6, 6.07) is 9.25. The molecular formula is C25H27N3O7. The number of methoxy groups -OCH3 is 1. The van der Waals surface area contributed by atoms with Crippen LogP contribution >= 0.6 is 0 Å². The number of aromatic nitrogens is 1. The number of amides is 1. The number of aryl methyl sites for hydroxylation is 1. The number of benzene rings is 2. The Morgan fingerprint density at radius 3 is 2.63 bits per heavy atom. The zero-order valence-electron chi connectivity index (χ0n) is 19.6. The van der Waals surface area contributed by atoms with E-state index in [2.05, 4.69) is 15.2 Å². The molecular weight excluding hydrogens is 454 g/mol. The van der Waals surface area contributed by atoms with Gasteiger partial charge in [-0.15, -0.1) is 0 Å². The van der Waals surface area contributed by atoms with Crippen LogP contribution in [0.4, 0.5) is 5.69 Å². The van der Waals surface area contributed by atoms with E-state index in [9.17, 15) is 19.5 Å². The monoisotopic (exact) mass is 481 g/mol. The van der Waals surface area contributed by atoms with Gasteiger partial charge < -0.3 is 29.6 Å². The molecule has 2 aromatic carbocycles. The minimum Gasteiger partial charge on any atom is -0.493 e. The third-order valence-electron chi connectivity index (χ3n) is 5.87. The lowest BCUT2D eigenvalue weighted by Gasteiger charge is -2.26. The van der Waals surface area contributed by atoms with Crippen LogP contribution in [0, 0.1) is 6.92 Å². The van der Waals surface area contributed by atoms with E-state index >= 15 is 0 Å². The summed E-state index contributed by atoms with van der Waals surface area (Å²) in [7, 11) is 1.52. The molecule has 184 valence electrons. The summed E-state index contributed by atoms with van der Waals surface area (Å²) in [6.07, 6.45) is 0. The average molecular weight is 482 g/mol. The highest BCUT2D eigenvalue weighted by Gasteiger charge is 2.17. The number of H-pyrrole nitrogens is 1. The van der Waals surface area contributed by atoms with Gasteiger partial charge in [-0.2, -0.15) is 0 Å². The molecule has 0 aliphatic carbocycles. The van der Waals surface area contributed by atoms with Crippen molar-refractivity contribution < 1.29 is 28.9 Å². The number of pyridine rings is 1. The Kier molecular flexibility index (Phi) is 7.33. The number of fused-ring (bicyclic) bond motifs is 1. The summed E-state index contributed by atoms with van der Waals surface area (Å²) in [5.41, 5.74) is 0.821. The largest absolute Gasteiger partial charge is 0.493 e. The first-order chi connectivity index (χ1) is 16.9. The second-order valence-corrected chi connectivity index (χ2v) is 8.19. The molecule has 10 heteroatoms. The average Bonchev–Trinajstić information content (AvgIpc) is 2.85. The second kappa shape index (κ2) is 10.6. The number of anilines is 1. The number of hydrogen-bond donors (Lipinski definition) is 3. The fraction of sp³-hybridized carbons (Fsp3) is 0.320.